The van der Waals surface area contributed by atoms with Gasteiger partial charge in [0.25, 0.3) is 5.91 Å². The molecule has 3 rings (SSSR count). The molecule has 0 bridgehead atoms. The number of benzene rings is 1. The van der Waals surface area contributed by atoms with Gasteiger partial charge in [-0.1, -0.05) is 12.1 Å². The van der Waals surface area contributed by atoms with Crippen molar-refractivity contribution >= 4 is 5.91 Å². The minimum atomic E-state index is -4.59. The van der Waals surface area contributed by atoms with Crippen LogP contribution >= 0.6 is 0 Å². The summed E-state index contributed by atoms with van der Waals surface area (Å²) in [6.45, 7) is -0.139. The first-order valence-electron chi connectivity index (χ1n) is 7.95. The second kappa shape index (κ2) is 7.63. The van der Waals surface area contributed by atoms with Crippen LogP contribution in [0.15, 0.2) is 54.9 Å². The third kappa shape index (κ3) is 4.43. The van der Waals surface area contributed by atoms with Crippen molar-refractivity contribution in [2.24, 2.45) is 5.73 Å². The Morgan fingerprint density at radius 1 is 1.07 bits per heavy atom. The van der Waals surface area contributed by atoms with E-state index in [1.165, 1.54) is 42.6 Å². The summed E-state index contributed by atoms with van der Waals surface area (Å²) in [7, 11) is 0. The zero-order chi connectivity index (χ0) is 20.3. The number of primary amides is 1. The van der Waals surface area contributed by atoms with Gasteiger partial charge in [-0.25, -0.2) is 4.39 Å². The van der Waals surface area contributed by atoms with Gasteiger partial charge in [-0.05, 0) is 35.4 Å². The highest BCUT2D eigenvalue weighted by atomic mass is 19.4. The molecule has 2 N–H and O–H groups in total. The highest BCUT2D eigenvalue weighted by Crippen LogP contribution is 2.30. The van der Waals surface area contributed by atoms with Crippen molar-refractivity contribution in [2.75, 3.05) is 0 Å². The fourth-order valence-electron chi connectivity index (χ4n) is 2.45. The molecule has 0 unspecified atom stereocenters. The van der Waals surface area contributed by atoms with Crippen LogP contribution in [0.25, 0.3) is 11.1 Å². The van der Waals surface area contributed by atoms with Crippen molar-refractivity contribution in [3.8, 4) is 16.9 Å². The van der Waals surface area contributed by atoms with Crippen LogP contribution in [0.3, 0.4) is 0 Å². The zero-order valence-corrected chi connectivity index (χ0v) is 14.2. The average molecular weight is 391 g/mol. The maximum atomic E-state index is 13.2. The molecular formula is C19H13F4N3O2. The van der Waals surface area contributed by atoms with Crippen molar-refractivity contribution in [1.29, 1.82) is 0 Å². The van der Waals surface area contributed by atoms with Crippen LogP contribution < -0.4 is 10.5 Å². The zero-order valence-electron chi connectivity index (χ0n) is 14.2. The maximum absolute atomic E-state index is 13.2. The third-order valence-corrected chi connectivity index (χ3v) is 3.81. The van der Waals surface area contributed by atoms with Crippen LogP contribution in [0.1, 0.15) is 21.7 Å². The molecular weight excluding hydrogens is 378 g/mol. The highest BCUT2D eigenvalue weighted by molar-refractivity contribution is 5.92. The number of hydrogen-bond acceptors (Lipinski definition) is 4. The minimum Gasteiger partial charge on any atom is -0.489 e. The summed E-state index contributed by atoms with van der Waals surface area (Å²) in [5.74, 6) is -1.23. The number of pyridine rings is 2. The summed E-state index contributed by atoms with van der Waals surface area (Å²) in [5.41, 5.74) is 5.70. The second-order valence-corrected chi connectivity index (χ2v) is 5.76. The first kappa shape index (κ1) is 19.3. The molecule has 0 aliphatic heterocycles. The van der Waals surface area contributed by atoms with Crippen LogP contribution in [0.4, 0.5) is 17.6 Å². The molecule has 0 fully saturated rings. The SMILES string of the molecule is NC(=O)c1cc(-c2ccc(F)cc2)c(COc2ccnc(C(F)(F)F)c2)cn1. The van der Waals surface area contributed by atoms with Crippen molar-refractivity contribution in [1.82, 2.24) is 9.97 Å². The monoisotopic (exact) mass is 391 g/mol. The fourth-order valence-corrected chi connectivity index (χ4v) is 2.45. The number of nitrogens with two attached hydrogens (primary N) is 1. The van der Waals surface area contributed by atoms with E-state index < -0.39 is 23.6 Å². The van der Waals surface area contributed by atoms with E-state index in [9.17, 15) is 22.4 Å². The molecule has 1 amide bonds. The molecule has 0 radical (unpaired) electrons. The van der Waals surface area contributed by atoms with E-state index in [2.05, 4.69) is 9.97 Å². The number of hydrogen-bond donors (Lipinski definition) is 1. The van der Waals surface area contributed by atoms with E-state index in [4.69, 9.17) is 10.5 Å². The molecule has 1 aromatic carbocycles. The Morgan fingerprint density at radius 2 is 1.79 bits per heavy atom. The fraction of sp³-hybridized carbons (Fsp3) is 0.105. The molecule has 9 heteroatoms. The number of amides is 1. The number of alkyl halides is 3. The van der Waals surface area contributed by atoms with Gasteiger partial charge in [0.2, 0.25) is 0 Å². The average Bonchev–Trinajstić information content (AvgIpc) is 2.66. The summed E-state index contributed by atoms with van der Waals surface area (Å²) in [4.78, 5) is 18.6. The van der Waals surface area contributed by atoms with E-state index in [-0.39, 0.29) is 18.1 Å². The summed E-state index contributed by atoms with van der Waals surface area (Å²) < 4.78 is 56.9. The molecule has 28 heavy (non-hydrogen) atoms. The molecule has 2 aromatic heterocycles. The van der Waals surface area contributed by atoms with E-state index in [1.54, 1.807) is 0 Å². The van der Waals surface area contributed by atoms with Crippen LogP contribution in [0.5, 0.6) is 5.75 Å². The van der Waals surface area contributed by atoms with Gasteiger partial charge in [-0.2, -0.15) is 13.2 Å². The number of rotatable bonds is 5. The van der Waals surface area contributed by atoms with Crippen LogP contribution in [0, 0.1) is 5.82 Å². The van der Waals surface area contributed by atoms with Gasteiger partial charge >= 0.3 is 6.18 Å². The Kier molecular flexibility index (Phi) is 5.25. The smallest absolute Gasteiger partial charge is 0.433 e. The largest absolute Gasteiger partial charge is 0.489 e. The molecule has 0 aliphatic carbocycles. The summed E-state index contributed by atoms with van der Waals surface area (Å²) in [5, 5.41) is 0. The Morgan fingerprint density at radius 3 is 2.43 bits per heavy atom. The molecule has 0 saturated carbocycles. The van der Waals surface area contributed by atoms with Gasteiger partial charge in [0.05, 0.1) is 0 Å². The van der Waals surface area contributed by atoms with Crippen LogP contribution in [0.2, 0.25) is 0 Å². The Bertz CT molecular complexity index is 1000. The molecule has 3 aromatic rings. The normalized spacial score (nSPS) is 11.3. The quantitative estimate of drug-likeness (QED) is 0.668. The first-order valence-corrected chi connectivity index (χ1v) is 7.95. The highest BCUT2D eigenvalue weighted by Gasteiger charge is 2.32. The van der Waals surface area contributed by atoms with E-state index in [0.717, 1.165) is 12.3 Å². The molecule has 0 spiro atoms. The lowest BCUT2D eigenvalue weighted by Crippen LogP contribution is -2.14. The summed E-state index contributed by atoms with van der Waals surface area (Å²) in [6.07, 6.45) is -2.26. The van der Waals surface area contributed by atoms with Gasteiger partial charge in [0, 0.05) is 24.0 Å². The molecule has 0 saturated heterocycles. The number of ether oxygens (including phenoxy) is 1. The van der Waals surface area contributed by atoms with Crippen molar-refractivity contribution in [3.05, 3.63) is 77.6 Å². The van der Waals surface area contributed by atoms with Crippen LogP contribution in [-0.4, -0.2) is 15.9 Å². The van der Waals surface area contributed by atoms with E-state index >= 15 is 0 Å². The Labute approximate surface area is 156 Å². The minimum absolute atomic E-state index is 0.00802. The number of aromatic nitrogens is 2. The predicted molar refractivity (Wildman–Crippen MR) is 91.7 cm³/mol. The summed E-state index contributed by atoms with van der Waals surface area (Å²) in [6, 6.07) is 8.95. The third-order valence-electron chi connectivity index (χ3n) is 3.81. The second-order valence-electron chi connectivity index (χ2n) is 5.76. The van der Waals surface area contributed by atoms with Crippen molar-refractivity contribution in [3.63, 3.8) is 0 Å². The summed E-state index contributed by atoms with van der Waals surface area (Å²) >= 11 is 0. The van der Waals surface area contributed by atoms with Gasteiger partial charge in [-0.15, -0.1) is 0 Å². The Balaban J connectivity index is 1.91. The van der Waals surface area contributed by atoms with Gasteiger partial charge in [0.15, 0.2) is 0 Å². The lowest BCUT2D eigenvalue weighted by molar-refractivity contribution is -0.141. The number of halogens is 4. The number of nitrogens with zero attached hydrogens (tertiary/aromatic N) is 2. The maximum Gasteiger partial charge on any atom is 0.433 e. The van der Waals surface area contributed by atoms with Gasteiger partial charge in [-0.3, -0.25) is 14.8 Å². The lowest BCUT2D eigenvalue weighted by Gasteiger charge is -2.13. The van der Waals surface area contributed by atoms with Gasteiger partial charge < -0.3 is 10.5 Å². The lowest BCUT2D eigenvalue weighted by atomic mass is 10.0. The van der Waals surface area contributed by atoms with Gasteiger partial charge in [0.1, 0.15) is 29.6 Å². The molecule has 0 atom stereocenters. The van der Waals surface area contributed by atoms with Crippen LogP contribution in [-0.2, 0) is 12.8 Å². The number of carbonyl (C=O) groups excluding carboxylic acids is 1. The van der Waals surface area contributed by atoms with E-state index in [1.807, 2.05) is 0 Å². The number of carbonyl (C=O) groups is 1. The molecule has 5 nitrogen and oxygen atoms in total. The molecule has 0 aliphatic rings. The van der Waals surface area contributed by atoms with Crippen molar-refractivity contribution in [2.45, 2.75) is 12.8 Å². The van der Waals surface area contributed by atoms with E-state index in [0.29, 0.717) is 16.7 Å². The predicted octanol–water partition coefficient (Wildman–Crippen LogP) is 3.98. The topological polar surface area (TPSA) is 78.1 Å². The standard InChI is InChI=1S/C19H13F4N3O2/c20-13-3-1-11(2-4-13)15-8-16(18(24)27)26-9-12(15)10-28-14-5-6-25-17(7-14)19(21,22)23/h1-9H,10H2,(H2,24,27). The molecule has 144 valence electrons. The first-order chi connectivity index (χ1) is 13.2. The van der Waals surface area contributed by atoms with Crippen molar-refractivity contribution < 1.29 is 27.1 Å². The molecule has 2 heterocycles. The Hall–Kier alpha value is -3.49.